The number of carbonyl (C=O) groups excluding carboxylic acids is 1. The SMILES string of the molecule is CN1CCN(c2ccc(C#N)c(F)c2)C(C)(C)C1=O. The van der Waals surface area contributed by atoms with Crippen LogP contribution in [0, 0.1) is 17.1 Å². The Morgan fingerprint density at radius 1 is 1.37 bits per heavy atom. The molecule has 0 bridgehead atoms. The van der Waals surface area contributed by atoms with E-state index in [1.807, 2.05) is 18.7 Å². The van der Waals surface area contributed by atoms with Crippen molar-refractivity contribution < 1.29 is 9.18 Å². The third kappa shape index (κ3) is 2.14. The standard InChI is InChI=1S/C14H16FN3O/c1-14(2)13(19)17(3)6-7-18(14)11-5-4-10(9-16)12(15)8-11/h4-5,8H,6-7H2,1-3H3. The molecule has 0 N–H and O–H groups in total. The van der Waals surface area contributed by atoms with Crippen molar-refractivity contribution in [1.82, 2.24) is 4.90 Å². The van der Waals surface area contributed by atoms with Gasteiger partial charge in [0, 0.05) is 25.8 Å². The van der Waals surface area contributed by atoms with Crippen LogP contribution in [0.5, 0.6) is 0 Å². The van der Waals surface area contributed by atoms with Gasteiger partial charge in [-0.25, -0.2) is 4.39 Å². The largest absolute Gasteiger partial charge is 0.356 e. The first-order valence-electron chi connectivity index (χ1n) is 6.11. The monoisotopic (exact) mass is 261 g/mol. The van der Waals surface area contributed by atoms with Crippen LogP contribution in [-0.4, -0.2) is 36.5 Å². The van der Waals surface area contributed by atoms with E-state index in [9.17, 15) is 9.18 Å². The van der Waals surface area contributed by atoms with Gasteiger partial charge in [-0.1, -0.05) is 0 Å². The van der Waals surface area contributed by atoms with E-state index in [4.69, 9.17) is 5.26 Å². The number of rotatable bonds is 1. The van der Waals surface area contributed by atoms with Crippen LogP contribution in [0.3, 0.4) is 0 Å². The molecule has 1 fully saturated rings. The second-order valence-electron chi connectivity index (χ2n) is 5.21. The quantitative estimate of drug-likeness (QED) is 0.774. The minimum Gasteiger partial charge on any atom is -0.356 e. The molecule has 100 valence electrons. The molecule has 0 atom stereocenters. The van der Waals surface area contributed by atoms with Gasteiger partial charge in [0.05, 0.1) is 5.56 Å². The Hall–Kier alpha value is -2.09. The van der Waals surface area contributed by atoms with Gasteiger partial charge >= 0.3 is 0 Å². The van der Waals surface area contributed by atoms with Crippen LogP contribution in [0.4, 0.5) is 10.1 Å². The molecule has 1 saturated heterocycles. The van der Waals surface area contributed by atoms with Crippen LogP contribution in [-0.2, 0) is 4.79 Å². The summed E-state index contributed by atoms with van der Waals surface area (Å²) in [6.07, 6.45) is 0. The summed E-state index contributed by atoms with van der Waals surface area (Å²) in [5, 5.41) is 8.73. The van der Waals surface area contributed by atoms with E-state index < -0.39 is 11.4 Å². The van der Waals surface area contributed by atoms with Gasteiger partial charge < -0.3 is 9.80 Å². The number of hydrogen-bond donors (Lipinski definition) is 0. The van der Waals surface area contributed by atoms with E-state index in [0.29, 0.717) is 18.8 Å². The molecule has 2 rings (SSSR count). The summed E-state index contributed by atoms with van der Waals surface area (Å²) >= 11 is 0. The van der Waals surface area contributed by atoms with Gasteiger partial charge in [0.2, 0.25) is 5.91 Å². The van der Waals surface area contributed by atoms with E-state index in [0.717, 1.165) is 0 Å². The summed E-state index contributed by atoms with van der Waals surface area (Å²) in [6, 6.07) is 6.24. The molecule has 0 unspecified atom stereocenters. The molecule has 0 aliphatic carbocycles. The van der Waals surface area contributed by atoms with Crippen LogP contribution in [0.25, 0.3) is 0 Å². The van der Waals surface area contributed by atoms with Crippen LogP contribution >= 0.6 is 0 Å². The summed E-state index contributed by atoms with van der Waals surface area (Å²) in [5.41, 5.74) is -0.0712. The Balaban J connectivity index is 2.39. The molecular weight excluding hydrogens is 245 g/mol. The first-order valence-corrected chi connectivity index (χ1v) is 6.11. The topological polar surface area (TPSA) is 47.3 Å². The molecule has 1 aliphatic heterocycles. The van der Waals surface area contributed by atoms with Crippen molar-refractivity contribution in [2.45, 2.75) is 19.4 Å². The molecule has 0 aromatic heterocycles. The van der Waals surface area contributed by atoms with E-state index in [2.05, 4.69) is 0 Å². The maximum Gasteiger partial charge on any atom is 0.247 e. The lowest BCUT2D eigenvalue weighted by Gasteiger charge is -2.46. The minimum atomic E-state index is -0.715. The van der Waals surface area contributed by atoms with Crippen molar-refractivity contribution in [3.8, 4) is 6.07 Å². The van der Waals surface area contributed by atoms with Crippen LogP contribution in [0.1, 0.15) is 19.4 Å². The zero-order valence-corrected chi connectivity index (χ0v) is 11.3. The van der Waals surface area contributed by atoms with Crippen LogP contribution in [0.2, 0.25) is 0 Å². The number of anilines is 1. The maximum absolute atomic E-state index is 13.7. The van der Waals surface area contributed by atoms with E-state index in [1.54, 1.807) is 24.1 Å². The molecule has 1 heterocycles. The number of piperazine rings is 1. The van der Waals surface area contributed by atoms with Crippen molar-refractivity contribution in [2.24, 2.45) is 0 Å². The Bertz CT molecular complexity index is 562. The maximum atomic E-state index is 13.7. The highest BCUT2D eigenvalue weighted by Crippen LogP contribution is 2.29. The lowest BCUT2D eigenvalue weighted by molar-refractivity contribution is -0.136. The Kier molecular flexibility index (Phi) is 3.19. The van der Waals surface area contributed by atoms with Gasteiger partial charge in [-0.05, 0) is 32.0 Å². The number of carbonyl (C=O) groups is 1. The lowest BCUT2D eigenvalue weighted by Crippen LogP contribution is -2.62. The molecular formula is C14H16FN3O. The second-order valence-corrected chi connectivity index (χ2v) is 5.21. The molecule has 1 aromatic carbocycles. The predicted octanol–water partition coefficient (Wildman–Crippen LogP) is 1.75. The zero-order valence-electron chi connectivity index (χ0n) is 11.3. The fraction of sp³-hybridized carbons (Fsp3) is 0.429. The summed E-state index contributed by atoms with van der Waals surface area (Å²) < 4.78 is 13.7. The normalized spacial score (nSPS) is 18.4. The summed E-state index contributed by atoms with van der Waals surface area (Å²) in [7, 11) is 1.76. The highest BCUT2D eigenvalue weighted by molar-refractivity contribution is 5.90. The molecule has 1 aliphatic rings. The number of nitrogens with zero attached hydrogens (tertiary/aromatic N) is 3. The van der Waals surface area contributed by atoms with Gasteiger partial charge in [0.25, 0.3) is 0 Å². The van der Waals surface area contributed by atoms with Gasteiger partial charge in [0.15, 0.2) is 0 Å². The highest BCUT2D eigenvalue weighted by Gasteiger charge is 2.40. The van der Waals surface area contributed by atoms with Gasteiger partial charge in [-0.2, -0.15) is 5.26 Å². The van der Waals surface area contributed by atoms with Crippen molar-refractivity contribution >= 4 is 11.6 Å². The number of nitriles is 1. The fourth-order valence-corrected chi connectivity index (χ4v) is 2.43. The van der Waals surface area contributed by atoms with Gasteiger partial charge in [-0.15, -0.1) is 0 Å². The number of halogens is 1. The predicted molar refractivity (Wildman–Crippen MR) is 70.2 cm³/mol. The highest BCUT2D eigenvalue weighted by atomic mass is 19.1. The molecule has 1 amide bonds. The molecule has 19 heavy (non-hydrogen) atoms. The van der Waals surface area contributed by atoms with Crippen LogP contribution < -0.4 is 4.90 Å². The number of likely N-dealkylation sites (N-methyl/N-ethyl adjacent to an activating group) is 1. The number of amides is 1. The average molecular weight is 261 g/mol. The second kappa shape index (κ2) is 4.54. The third-order valence-electron chi connectivity index (χ3n) is 3.59. The van der Waals surface area contributed by atoms with Crippen molar-refractivity contribution in [3.63, 3.8) is 0 Å². The molecule has 5 heteroatoms. The summed E-state index contributed by atoms with van der Waals surface area (Å²) in [4.78, 5) is 15.7. The van der Waals surface area contributed by atoms with Crippen molar-refractivity contribution in [2.75, 3.05) is 25.0 Å². The molecule has 0 radical (unpaired) electrons. The third-order valence-corrected chi connectivity index (χ3v) is 3.59. The summed E-state index contributed by atoms with van der Waals surface area (Å²) in [5.74, 6) is -0.550. The molecule has 1 aromatic rings. The average Bonchev–Trinajstić information content (AvgIpc) is 2.36. The molecule has 0 spiro atoms. The first-order chi connectivity index (χ1) is 8.87. The zero-order chi connectivity index (χ0) is 14.2. The van der Waals surface area contributed by atoms with Crippen LogP contribution in [0.15, 0.2) is 18.2 Å². The van der Waals surface area contributed by atoms with Gasteiger partial charge in [0.1, 0.15) is 17.4 Å². The lowest BCUT2D eigenvalue weighted by atomic mass is 9.96. The van der Waals surface area contributed by atoms with Crippen molar-refractivity contribution in [3.05, 3.63) is 29.6 Å². The molecule has 4 nitrogen and oxygen atoms in total. The Morgan fingerprint density at radius 3 is 2.63 bits per heavy atom. The smallest absolute Gasteiger partial charge is 0.247 e. The number of benzene rings is 1. The van der Waals surface area contributed by atoms with Gasteiger partial charge in [-0.3, -0.25) is 4.79 Å². The van der Waals surface area contributed by atoms with E-state index in [-0.39, 0.29) is 11.5 Å². The molecule has 0 saturated carbocycles. The van der Waals surface area contributed by atoms with E-state index in [1.165, 1.54) is 12.1 Å². The minimum absolute atomic E-state index is 0.00326. The van der Waals surface area contributed by atoms with Crippen molar-refractivity contribution in [1.29, 1.82) is 5.26 Å². The summed E-state index contributed by atoms with van der Waals surface area (Å²) in [6.45, 7) is 4.88. The van der Waals surface area contributed by atoms with E-state index >= 15 is 0 Å². The first kappa shape index (κ1) is 13.3. The Morgan fingerprint density at radius 2 is 2.05 bits per heavy atom. The fourth-order valence-electron chi connectivity index (χ4n) is 2.43. The Labute approximate surface area is 112 Å². The number of hydrogen-bond acceptors (Lipinski definition) is 3.